The van der Waals surface area contributed by atoms with Crippen LogP contribution in [0, 0.1) is 5.41 Å². The average Bonchev–Trinajstić information content (AvgIpc) is 1.30. The Labute approximate surface area is 47.6 Å². The summed E-state index contributed by atoms with van der Waals surface area (Å²) in [5.74, 6) is 0. The predicted molar refractivity (Wildman–Crippen MR) is 37.3 cm³/mol. The lowest BCUT2D eigenvalue weighted by Gasteiger charge is -2.14. The maximum atomic E-state index is 2.27. The van der Waals surface area contributed by atoms with Gasteiger partial charge in [0.05, 0.1) is 0 Å². The van der Waals surface area contributed by atoms with Gasteiger partial charge in [0.15, 0.2) is 0 Å². The van der Waals surface area contributed by atoms with Crippen molar-refractivity contribution in [3.8, 4) is 0 Å². The molecule has 0 nitrogen and oxygen atoms in total. The van der Waals surface area contributed by atoms with Crippen molar-refractivity contribution in [2.45, 2.75) is 33.9 Å². The van der Waals surface area contributed by atoms with E-state index in [2.05, 4.69) is 27.6 Å². The Balaban J connectivity index is 3.15. The molecule has 0 aliphatic heterocycles. The second kappa shape index (κ2) is 2.39. The lowest BCUT2D eigenvalue weighted by molar-refractivity contribution is 0.467. The molecule has 7 heavy (non-hydrogen) atoms. The van der Waals surface area contributed by atoms with Crippen molar-refractivity contribution in [1.82, 2.24) is 0 Å². The van der Waals surface area contributed by atoms with Crippen LogP contribution in [0.3, 0.4) is 0 Å². The van der Waals surface area contributed by atoms with Crippen LogP contribution in [-0.4, -0.2) is 7.28 Å². The summed E-state index contributed by atoms with van der Waals surface area (Å²) < 4.78 is 0. The molecular formula is C6H15B. The molecule has 0 spiro atoms. The van der Waals surface area contributed by atoms with E-state index in [1.807, 2.05) is 0 Å². The van der Waals surface area contributed by atoms with Crippen LogP contribution in [0.5, 0.6) is 0 Å². The molecule has 0 aromatic rings. The maximum absolute atomic E-state index is 2.27. The molecule has 1 heteroatoms. The lowest BCUT2D eigenvalue weighted by atomic mass is 9.67. The molecule has 0 aromatic carbocycles. The van der Waals surface area contributed by atoms with Crippen molar-refractivity contribution < 1.29 is 0 Å². The Morgan fingerprint density at radius 1 is 1.29 bits per heavy atom. The van der Waals surface area contributed by atoms with E-state index in [1.165, 1.54) is 13.6 Å². The van der Waals surface area contributed by atoms with Crippen LogP contribution in [0.15, 0.2) is 0 Å². The summed E-state index contributed by atoms with van der Waals surface area (Å²) in [6, 6.07) is 0. The minimum Gasteiger partial charge on any atom is -0.0893 e. The summed E-state index contributed by atoms with van der Waals surface area (Å²) in [4.78, 5) is 0. The van der Waals surface area contributed by atoms with Crippen molar-refractivity contribution in [2.24, 2.45) is 5.41 Å². The lowest BCUT2D eigenvalue weighted by Crippen LogP contribution is -2.05. The van der Waals surface area contributed by atoms with Gasteiger partial charge in [0.2, 0.25) is 0 Å². The summed E-state index contributed by atoms with van der Waals surface area (Å²) in [6.07, 6.45) is 1.34. The van der Waals surface area contributed by atoms with Gasteiger partial charge in [-0.05, 0) is 5.41 Å². The molecule has 0 aromatic heterocycles. The first-order chi connectivity index (χ1) is 3.06. The first-order valence-corrected chi connectivity index (χ1v) is 3.06. The topological polar surface area (TPSA) is 0 Å². The summed E-state index contributed by atoms with van der Waals surface area (Å²) in [5.41, 5.74) is 0.550. The Bertz CT molecular complexity index is 42.6. The zero-order valence-corrected chi connectivity index (χ0v) is 5.91. The van der Waals surface area contributed by atoms with Crippen LogP contribution in [0.4, 0.5) is 0 Å². The monoisotopic (exact) mass is 98.1 g/mol. The zero-order chi connectivity index (χ0) is 5.91. The Kier molecular flexibility index (Phi) is 2.41. The van der Waals surface area contributed by atoms with E-state index in [4.69, 9.17) is 0 Å². The van der Waals surface area contributed by atoms with Crippen molar-refractivity contribution in [1.29, 1.82) is 0 Å². The fourth-order valence-electron chi connectivity index (χ4n) is 0.750. The van der Waals surface area contributed by atoms with Gasteiger partial charge in [-0.1, -0.05) is 33.9 Å². The van der Waals surface area contributed by atoms with Crippen LogP contribution < -0.4 is 0 Å². The van der Waals surface area contributed by atoms with Crippen LogP contribution >= 0.6 is 0 Å². The molecule has 0 saturated carbocycles. The molecule has 0 aliphatic rings. The largest absolute Gasteiger partial charge is 0.118 e. The quantitative estimate of drug-likeness (QED) is 0.439. The van der Waals surface area contributed by atoms with E-state index in [0.29, 0.717) is 5.41 Å². The van der Waals surface area contributed by atoms with E-state index in [-0.39, 0.29) is 0 Å². The maximum Gasteiger partial charge on any atom is 0.118 e. The molecule has 0 atom stereocenters. The van der Waals surface area contributed by atoms with Crippen LogP contribution in [0.1, 0.15) is 20.8 Å². The van der Waals surface area contributed by atoms with Crippen molar-refractivity contribution >= 4 is 7.28 Å². The molecule has 0 fully saturated rings. The summed E-state index contributed by atoms with van der Waals surface area (Å²) >= 11 is 0. The predicted octanol–water partition coefficient (Wildman–Crippen LogP) is 1.94. The van der Waals surface area contributed by atoms with Crippen molar-refractivity contribution in [2.75, 3.05) is 0 Å². The Morgan fingerprint density at radius 2 is 1.71 bits per heavy atom. The third-order valence-electron chi connectivity index (χ3n) is 1.000. The van der Waals surface area contributed by atoms with Crippen molar-refractivity contribution in [3.63, 3.8) is 0 Å². The third-order valence-corrected chi connectivity index (χ3v) is 1.000. The van der Waals surface area contributed by atoms with Gasteiger partial charge in [0, 0.05) is 0 Å². The molecule has 0 rings (SSSR count). The molecule has 0 saturated heterocycles. The van der Waals surface area contributed by atoms with Gasteiger partial charge in [0.1, 0.15) is 7.28 Å². The van der Waals surface area contributed by atoms with E-state index < -0.39 is 0 Å². The summed E-state index contributed by atoms with van der Waals surface area (Å²) in [6.45, 7) is 9.05. The molecule has 0 heterocycles. The number of hydrogen-bond donors (Lipinski definition) is 0. The second-order valence-corrected chi connectivity index (χ2v) is 3.31. The molecule has 0 aliphatic carbocycles. The van der Waals surface area contributed by atoms with Gasteiger partial charge >= 0.3 is 0 Å². The van der Waals surface area contributed by atoms with E-state index in [9.17, 15) is 0 Å². The fourth-order valence-corrected chi connectivity index (χ4v) is 0.750. The van der Waals surface area contributed by atoms with Gasteiger partial charge in [-0.25, -0.2) is 0 Å². The van der Waals surface area contributed by atoms with Gasteiger partial charge in [-0.15, -0.1) is 0 Å². The minimum absolute atomic E-state index is 0.550. The highest BCUT2D eigenvalue weighted by Crippen LogP contribution is 2.17. The number of hydrogen-bond acceptors (Lipinski definition) is 0. The van der Waals surface area contributed by atoms with Gasteiger partial charge in [-0.3, -0.25) is 0 Å². The summed E-state index contributed by atoms with van der Waals surface area (Å²) in [7, 11) is 1.31. The molecule has 0 amide bonds. The van der Waals surface area contributed by atoms with Gasteiger partial charge in [0.25, 0.3) is 0 Å². The van der Waals surface area contributed by atoms with Gasteiger partial charge in [-0.2, -0.15) is 0 Å². The average molecular weight is 98.0 g/mol. The van der Waals surface area contributed by atoms with Crippen LogP contribution in [-0.2, 0) is 0 Å². The normalized spacial score (nSPS) is 11.4. The first-order valence-electron chi connectivity index (χ1n) is 3.06. The molecule has 0 N–H and O–H groups in total. The van der Waals surface area contributed by atoms with Gasteiger partial charge < -0.3 is 0 Å². The SMILES string of the molecule is CBCC(C)(C)C. The third kappa shape index (κ3) is 6.06. The van der Waals surface area contributed by atoms with Crippen molar-refractivity contribution in [3.05, 3.63) is 0 Å². The first kappa shape index (κ1) is 7.06. The summed E-state index contributed by atoms with van der Waals surface area (Å²) in [5, 5.41) is 0. The van der Waals surface area contributed by atoms with E-state index in [0.717, 1.165) is 0 Å². The number of rotatable bonds is 1. The van der Waals surface area contributed by atoms with E-state index in [1.54, 1.807) is 0 Å². The van der Waals surface area contributed by atoms with Crippen LogP contribution in [0.25, 0.3) is 0 Å². The van der Waals surface area contributed by atoms with E-state index >= 15 is 0 Å². The Hall–Kier alpha value is 0.0649. The highest BCUT2D eigenvalue weighted by atomic mass is 14.1. The smallest absolute Gasteiger partial charge is 0.0893 e. The highest BCUT2D eigenvalue weighted by molar-refractivity contribution is 6.33. The second-order valence-electron chi connectivity index (χ2n) is 3.31. The highest BCUT2D eigenvalue weighted by Gasteiger charge is 2.06. The molecule has 42 valence electrons. The molecular weight excluding hydrogens is 82.9 g/mol. The molecule has 0 unspecified atom stereocenters. The minimum atomic E-state index is 0.550. The fraction of sp³-hybridized carbons (Fsp3) is 1.00. The Morgan fingerprint density at radius 3 is 1.71 bits per heavy atom. The zero-order valence-electron chi connectivity index (χ0n) is 5.91. The van der Waals surface area contributed by atoms with Crippen LogP contribution in [0.2, 0.25) is 13.1 Å². The standard InChI is InChI=1S/C6H15B/c1-6(2,3)5-7-4/h7H,5H2,1-4H3. The molecule has 0 bridgehead atoms. The molecule has 0 radical (unpaired) electrons.